The normalized spacial score (nSPS) is 10.5. The number of hydrogen-bond donors (Lipinski definition) is 1. The van der Waals surface area contributed by atoms with Gasteiger partial charge in [-0.2, -0.15) is 5.10 Å². The molecule has 0 aliphatic carbocycles. The van der Waals surface area contributed by atoms with E-state index >= 15 is 0 Å². The lowest BCUT2D eigenvalue weighted by atomic mass is 10.5. The first-order valence-electron chi connectivity index (χ1n) is 3.82. The van der Waals surface area contributed by atoms with Crippen LogP contribution in [0.5, 0.6) is 0 Å². The number of hydrazone groups is 1. The van der Waals surface area contributed by atoms with Crippen LogP contribution in [0.1, 0.15) is 11.8 Å². The van der Waals surface area contributed by atoms with Crippen LogP contribution in [-0.4, -0.2) is 16.3 Å². The SMILES string of the molecule is CCSC(=S)NN=Cc1cccs1. The lowest BCUT2D eigenvalue weighted by molar-refractivity contribution is 1.07. The standard InChI is InChI=1S/C8H10N2S3/c1-2-12-8(11)10-9-6-7-4-3-5-13-7/h3-6H,2H2,1H3,(H,10,11). The molecule has 0 saturated carbocycles. The van der Waals surface area contributed by atoms with Crippen molar-refractivity contribution in [3.63, 3.8) is 0 Å². The minimum atomic E-state index is 0.718. The molecule has 1 aromatic rings. The van der Waals surface area contributed by atoms with E-state index < -0.39 is 0 Å². The first-order chi connectivity index (χ1) is 6.33. The zero-order valence-electron chi connectivity index (χ0n) is 7.19. The lowest BCUT2D eigenvalue weighted by Gasteiger charge is -1.97. The molecule has 70 valence electrons. The van der Waals surface area contributed by atoms with E-state index in [1.165, 1.54) is 0 Å². The largest absolute Gasteiger partial charge is 0.262 e. The van der Waals surface area contributed by atoms with Gasteiger partial charge in [-0.3, -0.25) is 5.43 Å². The van der Waals surface area contributed by atoms with Gasteiger partial charge in [-0.15, -0.1) is 11.3 Å². The van der Waals surface area contributed by atoms with Crippen LogP contribution in [0.15, 0.2) is 22.6 Å². The first-order valence-corrected chi connectivity index (χ1v) is 6.09. The summed E-state index contributed by atoms with van der Waals surface area (Å²) in [6, 6.07) is 4.00. The fourth-order valence-corrected chi connectivity index (χ4v) is 2.05. The number of nitrogens with zero attached hydrogens (tertiary/aromatic N) is 1. The third kappa shape index (κ3) is 4.40. The van der Waals surface area contributed by atoms with Crippen molar-refractivity contribution in [3.05, 3.63) is 22.4 Å². The molecule has 13 heavy (non-hydrogen) atoms. The summed E-state index contributed by atoms with van der Waals surface area (Å²) in [5, 5.41) is 6.02. The molecule has 0 saturated heterocycles. The van der Waals surface area contributed by atoms with Gasteiger partial charge in [0.2, 0.25) is 0 Å². The molecule has 1 heterocycles. The molecule has 0 unspecified atom stereocenters. The Balaban J connectivity index is 2.30. The molecule has 1 rings (SSSR count). The Hall–Kier alpha value is -0.390. The van der Waals surface area contributed by atoms with E-state index in [4.69, 9.17) is 12.2 Å². The van der Waals surface area contributed by atoms with Crippen LogP contribution in [0.3, 0.4) is 0 Å². The summed E-state index contributed by atoms with van der Waals surface area (Å²) in [6.45, 7) is 2.06. The summed E-state index contributed by atoms with van der Waals surface area (Å²) in [6.07, 6.45) is 1.77. The highest BCUT2D eigenvalue weighted by molar-refractivity contribution is 8.22. The smallest absolute Gasteiger partial charge is 0.154 e. The Bertz CT molecular complexity index is 280. The van der Waals surface area contributed by atoms with Gasteiger partial charge in [0.15, 0.2) is 4.32 Å². The Morgan fingerprint density at radius 3 is 3.31 bits per heavy atom. The number of rotatable bonds is 3. The number of thioether (sulfide) groups is 1. The second kappa shape index (κ2) is 6.12. The molecule has 0 spiro atoms. The van der Waals surface area contributed by atoms with Crippen LogP contribution < -0.4 is 5.43 Å². The Labute approximate surface area is 91.4 Å². The Morgan fingerprint density at radius 1 is 1.85 bits per heavy atom. The molecule has 0 bridgehead atoms. The lowest BCUT2D eigenvalue weighted by Crippen LogP contribution is -2.10. The van der Waals surface area contributed by atoms with Crippen LogP contribution in [0.25, 0.3) is 0 Å². The zero-order chi connectivity index (χ0) is 9.52. The third-order valence-corrected chi connectivity index (χ3v) is 3.06. The van der Waals surface area contributed by atoms with Crippen molar-refractivity contribution in [1.29, 1.82) is 0 Å². The maximum absolute atomic E-state index is 4.99. The van der Waals surface area contributed by atoms with E-state index in [-0.39, 0.29) is 0 Å². The molecule has 0 atom stereocenters. The molecule has 2 nitrogen and oxygen atoms in total. The number of thiocarbonyl (C=S) groups is 1. The van der Waals surface area contributed by atoms with Crippen molar-refractivity contribution < 1.29 is 0 Å². The minimum absolute atomic E-state index is 0.718. The Kier molecular flexibility index (Phi) is 5.03. The van der Waals surface area contributed by atoms with Crippen molar-refractivity contribution in [2.24, 2.45) is 5.10 Å². The summed E-state index contributed by atoms with van der Waals surface area (Å²) in [7, 11) is 0. The number of nitrogens with one attached hydrogen (secondary N) is 1. The van der Waals surface area contributed by atoms with Crippen LogP contribution in [-0.2, 0) is 0 Å². The highest BCUT2D eigenvalue weighted by Gasteiger charge is 1.90. The molecule has 1 aromatic heterocycles. The van der Waals surface area contributed by atoms with Gasteiger partial charge in [0.1, 0.15) is 0 Å². The van der Waals surface area contributed by atoms with Crippen molar-refractivity contribution in [2.75, 3.05) is 5.75 Å². The predicted octanol–water partition coefficient (Wildman–Crippen LogP) is 2.71. The minimum Gasteiger partial charge on any atom is -0.262 e. The summed E-state index contributed by atoms with van der Waals surface area (Å²) in [5.74, 6) is 0.973. The summed E-state index contributed by atoms with van der Waals surface area (Å²) in [5.41, 5.74) is 2.79. The van der Waals surface area contributed by atoms with E-state index in [2.05, 4.69) is 17.5 Å². The molecule has 5 heteroatoms. The van der Waals surface area contributed by atoms with Crippen molar-refractivity contribution in [2.45, 2.75) is 6.92 Å². The summed E-state index contributed by atoms with van der Waals surface area (Å²) < 4.78 is 0.718. The highest BCUT2D eigenvalue weighted by atomic mass is 32.2. The second-order valence-corrected chi connectivity index (χ2v) is 5.03. The molecular formula is C8H10N2S3. The molecule has 0 aliphatic heterocycles. The van der Waals surface area contributed by atoms with Crippen LogP contribution >= 0.6 is 35.3 Å². The van der Waals surface area contributed by atoms with E-state index in [1.807, 2.05) is 17.5 Å². The second-order valence-electron chi connectivity index (χ2n) is 2.11. The molecule has 1 N–H and O–H groups in total. The van der Waals surface area contributed by atoms with Gasteiger partial charge in [0, 0.05) is 4.88 Å². The average molecular weight is 230 g/mol. The van der Waals surface area contributed by atoms with Crippen LogP contribution in [0.4, 0.5) is 0 Å². The average Bonchev–Trinajstić information content (AvgIpc) is 2.57. The van der Waals surface area contributed by atoms with Gasteiger partial charge in [0.05, 0.1) is 6.21 Å². The predicted molar refractivity (Wildman–Crippen MR) is 65.8 cm³/mol. The van der Waals surface area contributed by atoms with E-state index in [9.17, 15) is 0 Å². The van der Waals surface area contributed by atoms with E-state index in [1.54, 1.807) is 29.3 Å². The molecule has 0 radical (unpaired) electrons. The quantitative estimate of drug-likeness (QED) is 0.491. The molecule has 0 amide bonds. The first kappa shape index (κ1) is 10.7. The van der Waals surface area contributed by atoms with Crippen molar-refractivity contribution in [1.82, 2.24) is 5.43 Å². The fourth-order valence-electron chi connectivity index (χ4n) is 0.677. The van der Waals surface area contributed by atoms with Crippen molar-refractivity contribution >= 4 is 45.9 Å². The monoisotopic (exact) mass is 230 g/mol. The third-order valence-electron chi connectivity index (χ3n) is 1.17. The summed E-state index contributed by atoms with van der Waals surface area (Å²) in [4.78, 5) is 1.12. The molecule has 0 aromatic carbocycles. The van der Waals surface area contributed by atoms with Gasteiger partial charge >= 0.3 is 0 Å². The van der Waals surface area contributed by atoms with Gasteiger partial charge in [0.25, 0.3) is 0 Å². The number of thiophene rings is 1. The maximum atomic E-state index is 4.99. The highest BCUT2D eigenvalue weighted by Crippen LogP contribution is 2.04. The molecule has 0 fully saturated rings. The fraction of sp³-hybridized carbons (Fsp3) is 0.250. The number of hydrogen-bond acceptors (Lipinski definition) is 4. The van der Waals surface area contributed by atoms with Crippen molar-refractivity contribution in [3.8, 4) is 0 Å². The topological polar surface area (TPSA) is 24.4 Å². The Morgan fingerprint density at radius 2 is 2.69 bits per heavy atom. The maximum Gasteiger partial charge on any atom is 0.154 e. The summed E-state index contributed by atoms with van der Waals surface area (Å²) >= 11 is 8.22. The van der Waals surface area contributed by atoms with Gasteiger partial charge in [-0.05, 0) is 17.2 Å². The molecule has 0 aliphatic rings. The van der Waals surface area contributed by atoms with E-state index in [0.717, 1.165) is 15.0 Å². The van der Waals surface area contributed by atoms with Gasteiger partial charge in [-0.1, -0.05) is 37.0 Å². The van der Waals surface area contributed by atoms with E-state index in [0.29, 0.717) is 0 Å². The van der Waals surface area contributed by atoms with Crippen LogP contribution in [0, 0.1) is 0 Å². The molecular weight excluding hydrogens is 220 g/mol. The van der Waals surface area contributed by atoms with Crippen LogP contribution in [0.2, 0.25) is 0 Å². The van der Waals surface area contributed by atoms with Gasteiger partial charge in [-0.25, -0.2) is 0 Å². The zero-order valence-corrected chi connectivity index (χ0v) is 9.64. The van der Waals surface area contributed by atoms with Gasteiger partial charge < -0.3 is 0 Å².